The summed E-state index contributed by atoms with van der Waals surface area (Å²) in [6.07, 6.45) is 1.55. The number of piperidine rings is 1. The normalized spacial score (nSPS) is 17.2. The Kier molecular flexibility index (Phi) is 4.81. The van der Waals surface area contributed by atoms with E-state index < -0.39 is 5.60 Å². The van der Waals surface area contributed by atoms with Gasteiger partial charge < -0.3 is 10.4 Å². The lowest BCUT2D eigenvalue weighted by atomic mass is 9.84. The summed E-state index contributed by atoms with van der Waals surface area (Å²) in [7, 11) is 0. The highest BCUT2D eigenvalue weighted by molar-refractivity contribution is 7.99. The van der Waals surface area contributed by atoms with Crippen molar-refractivity contribution in [3.63, 3.8) is 0 Å². The van der Waals surface area contributed by atoms with E-state index in [4.69, 9.17) is 0 Å². The highest BCUT2D eigenvalue weighted by atomic mass is 32.2. The van der Waals surface area contributed by atoms with Gasteiger partial charge in [-0.25, -0.2) is 0 Å². The van der Waals surface area contributed by atoms with Gasteiger partial charge in [0.05, 0.1) is 5.60 Å². The molecule has 0 aliphatic carbocycles. The van der Waals surface area contributed by atoms with Crippen LogP contribution < -0.4 is 5.32 Å². The van der Waals surface area contributed by atoms with Crippen molar-refractivity contribution >= 4 is 11.8 Å². The van der Waals surface area contributed by atoms with Crippen LogP contribution in [-0.4, -0.2) is 18.2 Å². The number of nitrogens with one attached hydrogen (secondary N) is 1. The largest absolute Gasteiger partial charge is 0.385 e. The average molecular weight is 327 g/mol. The van der Waals surface area contributed by atoms with Crippen LogP contribution in [0.3, 0.4) is 0 Å². The molecule has 1 aliphatic rings. The summed E-state index contributed by atoms with van der Waals surface area (Å²) in [4.78, 5) is 2.44. The van der Waals surface area contributed by atoms with Gasteiger partial charge in [0.25, 0.3) is 0 Å². The van der Waals surface area contributed by atoms with E-state index in [-0.39, 0.29) is 0 Å². The van der Waals surface area contributed by atoms with Crippen molar-refractivity contribution in [1.29, 1.82) is 0 Å². The van der Waals surface area contributed by atoms with Crippen LogP contribution in [0.15, 0.2) is 46.2 Å². The summed E-state index contributed by atoms with van der Waals surface area (Å²) in [6, 6.07) is 13.0. The van der Waals surface area contributed by atoms with Crippen LogP contribution in [0.1, 0.15) is 35.1 Å². The monoisotopic (exact) mass is 327 g/mol. The molecule has 0 radical (unpaired) electrons. The molecule has 2 nitrogen and oxygen atoms in total. The molecule has 1 saturated heterocycles. The Hall–Kier alpha value is -1.29. The van der Waals surface area contributed by atoms with Gasteiger partial charge in [0.1, 0.15) is 0 Å². The van der Waals surface area contributed by atoms with Crippen LogP contribution in [0.2, 0.25) is 0 Å². The van der Waals surface area contributed by atoms with Crippen molar-refractivity contribution in [1.82, 2.24) is 5.32 Å². The zero-order chi connectivity index (χ0) is 16.4. The Morgan fingerprint density at radius 2 is 1.52 bits per heavy atom. The van der Waals surface area contributed by atoms with Crippen molar-refractivity contribution in [2.24, 2.45) is 0 Å². The SMILES string of the molecule is Cc1ccc(Sc2ccc(C)cc2C2(O)CCNCC2)c(C)c1. The highest BCUT2D eigenvalue weighted by Gasteiger charge is 2.33. The highest BCUT2D eigenvalue weighted by Crippen LogP contribution is 2.41. The zero-order valence-electron chi connectivity index (χ0n) is 14.1. The molecular weight excluding hydrogens is 302 g/mol. The molecule has 2 aromatic rings. The maximum Gasteiger partial charge on any atom is 0.0931 e. The fourth-order valence-electron chi connectivity index (χ4n) is 3.24. The lowest BCUT2D eigenvalue weighted by Gasteiger charge is -2.34. The number of aliphatic hydroxyl groups is 1. The van der Waals surface area contributed by atoms with Gasteiger partial charge >= 0.3 is 0 Å². The molecule has 0 saturated carbocycles. The molecule has 0 unspecified atom stereocenters. The molecule has 0 bridgehead atoms. The first-order valence-electron chi connectivity index (χ1n) is 8.27. The Morgan fingerprint density at radius 1 is 0.913 bits per heavy atom. The van der Waals surface area contributed by atoms with Crippen molar-refractivity contribution in [3.8, 4) is 0 Å². The van der Waals surface area contributed by atoms with E-state index >= 15 is 0 Å². The molecule has 2 N–H and O–H groups in total. The van der Waals surface area contributed by atoms with E-state index in [1.165, 1.54) is 26.5 Å². The minimum atomic E-state index is -0.710. The number of benzene rings is 2. The molecule has 3 rings (SSSR count). The van der Waals surface area contributed by atoms with Crippen molar-refractivity contribution in [2.75, 3.05) is 13.1 Å². The Morgan fingerprint density at radius 3 is 2.17 bits per heavy atom. The second-order valence-electron chi connectivity index (χ2n) is 6.65. The van der Waals surface area contributed by atoms with E-state index in [0.29, 0.717) is 0 Å². The molecular formula is C20H25NOS. The molecule has 122 valence electrons. The van der Waals surface area contributed by atoms with E-state index in [2.05, 4.69) is 62.5 Å². The topological polar surface area (TPSA) is 32.3 Å². The standard InChI is InChI=1S/C20H25NOS/c1-14-4-6-18(16(3)12-14)23-19-7-5-15(2)13-17(19)20(22)8-10-21-11-9-20/h4-7,12-13,21-22H,8-11H2,1-3H3. The minimum absolute atomic E-state index is 0.710. The van der Waals surface area contributed by atoms with E-state index in [9.17, 15) is 5.11 Å². The molecule has 23 heavy (non-hydrogen) atoms. The van der Waals surface area contributed by atoms with Crippen molar-refractivity contribution in [3.05, 3.63) is 58.7 Å². The minimum Gasteiger partial charge on any atom is -0.385 e. The predicted octanol–water partition coefficient (Wildman–Crippen LogP) is 4.33. The second-order valence-corrected chi connectivity index (χ2v) is 7.74. The summed E-state index contributed by atoms with van der Waals surface area (Å²) in [5.74, 6) is 0. The number of hydrogen-bond acceptors (Lipinski definition) is 3. The summed E-state index contributed by atoms with van der Waals surface area (Å²) in [5.41, 5.74) is 4.16. The summed E-state index contributed by atoms with van der Waals surface area (Å²) in [5, 5.41) is 14.5. The molecule has 0 atom stereocenters. The second kappa shape index (κ2) is 6.68. The maximum atomic E-state index is 11.2. The van der Waals surface area contributed by atoms with E-state index in [1.807, 2.05) is 0 Å². The molecule has 1 fully saturated rings. The van der Waals surface area contributed by atoms with Crippen LogP contribution >= 0.6 is 11.8 Å². The third-order valence-electron chi connectivity index (χ3n) is 4.62. The summed E-state index contributed by atoms with van der Waals surface area (Å²) in [6.45, 7) is 8.12. The van der Waals surface area contributed by atoms with Crippen LogP contribution in [0, 0.1) is 20.8 Å². The quantitative estimate of drug-likeness (QED) is 0.880. The van der Waals surface area contributed by atoms with Crippen LogP contribution in [0.4, 0.5) is 0 Å². The van der Waals surface area contributed by atoms with Gasteiger partial charge in [0.2, 0.25) is 0 Å². The zero-order valence-corrected chi connectivity index (χ0v) is 15.0. The van der Waals surface area contributed by atoms with Gasteiger partial charge in [-0.1, -0.05) is 47.2 Å². The third-order valence-corrected chi connectivity index (χ3v) is 5.87. The van der Waals surface area contributed by atoms with E-state index in [1.54, 1.807) is 11.8 Å². The molecule has 0 amide bonds. The van der Waals surface area contributed by atoms with Gasteiger partial charge in [0, 0.05) is 9.79 Å². The maximum absolute atomic E-state index is 11.2. The van der Waals surface area contributed by atoms with Gasteiger partial charge in [-0.2, -0.15) is 0 Å². The van der Waals surface area contributed by atoms with Crippen LogP contribution in [0.5, 0.6) is 0 Å². The third kappa shape index (κ3) is 3.63. The van der Waals surface area contributed by atoms with Gasteiger partial charge in [-0.15, -0.1) is 0 Å². The first-order valence-corrected chi connectivity index (χ1v) is 9.09. The first-order chi connectivity index (χ1) is 11.0. The molecule has 1 aliphatic heterocycles. The Balaban J connectivity index is 1.99. The lowest BCUT2D eigenvalue weighted by molar-refractivity contribution is 0.00345. The first kappa shape index (κ1) is 16.6. The fourth-order valence-corrected chi connectivity index (χ4v) is 4.33. The molecule has 1 heterocycles. The Bertz CT molecular complexity index is 705. The molecule has 0 aromatic heterocycles. The number of rotatable bonds is 3. The predicted molar refractivity (Wildman–Crippen MR) is 97.2 cm³/mol. The molecule has 0 spiro atoms. The smallest absolute Gasteiger partial charge is 0.0931 e. The van der Waals surface area contributed by atoms with Crippen molar-refractivity contribution in [2.45, 2.75) is 49.0 Å². The van der Waals surface area contributed by atoms with Gasteiger partial charge in [0.15, 0.2) is 0 Å². The van der Waals surface area contributed by atoms with Crippen LogP contribution in [0.25, 0.3) is 0 Å². The number of aryl methyl sites for hydroxylation is 3. The van der Waals surface area contributed by atoms with Crippen molar-refractivity contribution < 1.29 is 5.11 Å². The van der Waals surface area contributed by atoms with Gasteiger partial charge in [-0.05, 0) is 70.0 Å². The summed E-state index contributed by atoms with van der Waals surface area (Å²) < 4.78 is 0. The summed E-state index contributed by atoms with van der Waals surface area (Å²) >= 11 is 1.77. The van der Waals surface area contributed by atoms with Gasteiger partial charge in [-0.3, -0.25) is 0 Å². The van der Waals surface area contributed by atoms with E-state index in [0.717, 1.165) is 31.5 Å². The Labute approximate surface area is 143 Å². The average Bonchev–Trinajstić information content (AvgIpc) is 2.52. The number of hydrogen-bond donors (Lipinski definition) is 2. The molecule has 2 aromatic carbocycles. The molecule has 3 heteroatoms. The lowest BCUT2D eigenvalue weighted by Crippen LogP contribution is -2.40. The van der Waals surface area contributed by atoms with Crippen LogP contribution in [-0.2, 0) is 5.60 Å². The fraction of sp³-hybridized carbons (Fsp3) is 0.400.